The van der Waals surface area contributed by atoms with E-state index in [-0.39, 0.29) is 6.54 Å². The molecule has 0 aliphatic rings. The summed E-state index contributed by atoms with van der Waals surface area (Å²) in [6.45, 7) is 3.65. The fraction of sp³-hybridized carbons (Fsp3) is 0.714. The van der Waals surface area contributed by atoms with Crippen LogP contribution in [0.5, 0.6) is 0 Å². The fourth-order valence-corrected chi connectivity index (χ4v) is 1.46. The number of hydrogen-bond donors (Lipinski definition) is 3. The van der Waals surface area contributed by atoms with Crippen molar-refractivity contribution in [2.75, 3.05) is 19.3 Å². The smallest absolute Gasteiger partial charge is 0.334 e. The van der Waals surface area contributed by atoms with E-state index in [1.807, 2.05) is 0 Å². The van der Waals surface area contributed by atoms with Gasteiger partial charge >= 0.3 is 13.6 Å². The molecule has 8 heteroatoms. The van der Waals surface area contributed by atoms with Gasteiger partial charge in [0.1, 0.15) is 6.16 Å². The minimum atomic E-state index is -4.42. The summed E-state index contributed by atoms with van der Waals surface area (Å²) in [5.74, 6) is -0.878. The number of hydrogen-bond acceptors (Lipinski definition) is 3. The molecule has 0 saturated heterocycles. The van der Waals surface area contributed by atoms with Crippen LogP contribution in [0.15, 0.2) is 0 Å². The molecule has 15 heavy (non-hydrogen) atoms. The van der Waals surface area contributed by atoms with E-state index in [1.54, 1.807) is 13.8 Å². The number of rotatable bonds is 4. The molecular formula is C7H15N2O5P. The zero-order valence-electron chi connectivity index (χ0n) is 8.63. The predicted octanol–water partition coefficient (Wildman–Crippen LogP) is -0.258. The molecule has 0 saturated carbocycles. The second kappa shape index (κ2) is 5.85. The molecule has 88 valence electrons. The Labute approximate surface area is 87.6 Å². The van der Waals surface area contributed by atoms with Crippen molar-refractivity contribution in [2.45, 2.75) is 13.8 Å². The average molecular weight is 238 g/mol. The Morgan fingerprint density at radius 2 is 1.87 bits per heavy atom. The van der Waals surface area contributed by atoms with Gasteiger partial charge in [0.25, 0.3) is 0 Å². The fourth-order valence-electron chi connectivity index (χ4n) is 0.941. The van der Waals surface area contributed by atoms with Crippen LogP contribution in [0.1, 0.15) is 13.8 Å². The lowest BCUT2D eigenvalue weighted by Gasteiger charge is -2.19. The molecule has 0 aromatic heterocycles. The summed E-state index contributed by atoms with van der Waals surface area (Å²) < 4.78 is 10.6. The first-order valence-electron chi connectivity index (χ1n) is 4.44. The van der Waals surface area contributed by atoms with Crippen molar-refractivity contribution < 1.29 is 23.9 Å². The zero-order valence-corrected chi connectivity index (χ0v) is 9.53. The Balaban J connectivity index is 4.48. The van der Waals surface area contributed by atoms with Crippen LogP contribution in [0.25, 0.3) is 0 Å². The van der Waals surface area contributed by atoms with Gasteiger partial charge in [-0.1, -0.05) is 0 Å². The summed E-state index contributed by atoms with van der Waals surface area (Å²) in [5, 5.41) is 2.38. The molecule has 0 radical (unpaired) electrons. The number of amides is 3. The summed E-state index contributed by atoms with van der Waals surface area (Å²) in [5.41, 5.74) is 0. The van der Waals surface area contributed by atoms with Gasteiger partial charge < -0.3 is 15.1 Å². The van der Waals surface area contributed by atoms with Gasteiger partial charge in [-0.2, -0.15) is 0 Å². The van der Waals surface area contributed by atoms with Crippen molar-refractivity contribution in [3.8, 4) is 0 Å². The number of carbonyl (C=O) groups is 2. The molecule has 0 unspecified atom stereocenters. The first kappa shape index (κ1) is 14.1. The number of nitrogens with one attached hydrogen (secondary N) is 1. The van der Waals surface area contributed by atoms with Gasteiger partial charge in [0.05, 0.1) is 0 Å². The Kier molecular flexibility index (Phi) is 5.49. The van der Waals surface area contributed by atoms with Crippen LogP contribution in [0, 0.1) is 0 Å². The van der Waals surface area contributed by atoms with Crippen molar-refractivity contribution >= 4 is 19.5 Å². The van der Waals surface area contributed by atoms with Gasteiger partial charge in [-0.05, 0) is 13.8 Å². The minimum Gasteiger partial charge on any atom is -0.338 e. The summed E-state index contributed by atoms with van der Waals surface area (Å²) in [6, 6.07) is -0.640. The quantitative estimate of drug-likeness (QED) is 0.585. The van der Waals surface area contributed by atoms with Crippen LogP contribution in [0.3, 0.4) is 0 Å². The highest BCUT2D eigenvalue weighted by Crippen LogP contribution is 2.34. The third-order valence-electron chi connectivity index (χ3n) is 1.53. The van der Waals surface area contributed by atoms with Crippen LogP contribution in [-0.2, 0) is 9.36 Å². The number of carbonyl (C=O) groups excluding carboxylic acids is 2. The van der Waals surface area contributed by atoms with E-state index in [0.717, 1.165) is 4.90 Å². The van der Waals surface area contributed by atoms with E-state index < -0.39 is 25.7 Å². The summed E-state index contributed by atoms with van der Waals surface area (Å²) in [7, 11) is -4.42. The summed E-state index contributed by atoms with van der Waals surface area (Å²) in [4.78, 5) is 40.4. The van der Waals surface area contributed by atoms with E-state index >= 15 is 0 Å². The number of nitrogens with zero attached hydrogens (tertiary/aromatic N) is 1. The Bertz CT molecular complexity index is 287. The monoisotopic (exact) mass is 238 g/mol. The zero-order chi connectivity index (χ0) is 12.1. The molecule has 0 bridgehead atoms. The first-order chi connectivity index (χ1) is 6.81. The van der Waals surface area contributed by atoms with Crippen LogP contribution >= 0.6 is 7.60 Å². The van der Waals surface area contributed by atoms with E-state index in [0.29, 0.717) is 6.54 Å². The second-order valence-corrected chi connectivity index (χ2v) is 4.44. The molecule has 3 amide bonds. The van der Waals surface area contributed by atoms with Crippen LogP contribution in [-0.4, -0.2) is 45.9 Å². The van der Waals surface area contributed by atoms with Crippen molar-refractivity contribution in [1.29, 1.82) is 0 Å². The van der Waals surface area contributed by atoms with Crippen molar-refractivity contribution in [2.24, 2.45) is 0 Å². The van der Waals surface area contributed by atoms with E-state index in [2.05, 4.69) is 5.32 Å². The Morgan fingerprint density at radius 1 is 1.33 bits per heavy atom. The maximum Gasteiger partial charge on any atom is 0.334 e. The average Bonchev–Trinajstić information content (AvgIpc) is 2.02. The van der Waals surface area contributed by atoms with E-state index in [9.17, 15) is 14.2 Å². The van der Waals surface area contributed by atoms with E-state index in [1.165, 1.54) is 0 Å². The first-order valence-corrected chi connectivity index (χ1v) is 6.24. The standard InChI is InChI=1S/C7H15N2O5P/c1-3-8-7(11)9(4-2)6(10)5-15(12,13)14/h3-5H2,1-2H3,(H,8,11)(H2,12,13,14). The van der Waals surface area contributed by atoms with Gasteiger partial charge in [0.2, 0.25) is 5.91 Å². The second-order valence-electron chi connectivity index (χ2n) is 2.80. The van der Waals surface area contributed by atoms with Crippen LogP contribution in [0.2, 0.25) is 0 Å². The molecule has 0 atom stereocenters. The Morgan fingerprint density at radius 3 is 2.20 bits per heavy atom. The molecule has 7 nitrogen and oxygen atoms in total. The maximum absolute atomic E-state index is 11.3. The molecule has 0 spiro atoms. The van der Waals surface area contributed by atoms with Crippen molar-refractivity contribution in [3.63, 3.8) is 0 Å². The normalized spacial score (nSPS) is 10.9. The van der Waals surface area contributed by atoms with Gasteiger partial charge in [-0.25, -0.2) is 4.79 Å². The molecule has 3 N–H and O–H groups in total. The van der Waals surface area contributed by atoms with Crippen LogP contribution in [0.4, 0.5) is 4.79 Å². The summed E-state index contributed by atoms with van der Waals surface area (Å²) in [6.07, 6.45) is -0.946. The highest BCUT2D eigenvalue weighted by molar-refractivity contribution is 7.52. The third kappa shape index (κ3) is 5.51. The van der Waals surface area contributed by atoms with E-state index in [4.69, 9.17) is 9.79 Å². The minimum absolute atomic E-state index is 0.0741. The number of urea groups is 1. The molecule has 0 rings (SSSR count). The third-order valence-corrected chi connectivity index (χ3v) is 2.21. The predicted molar refractivity (Wildman–Crippen MR) is 53.4 cm³/mol. The lowest BCUT2D eigenvalue weighted by atomic mass is 10.5. The molecule has 0 aliphatic heterocycles. The highest BCUT2D eigenvalue weighted by Gasteiger charge is 2.26. The molecular weight excluding hydrogens is 223 g/mol. The molecule has 0 aromatic carbocycles. The lowest BCUT2D eigenvalue weighted by Crippen LogP contribution is -2.44. The molecule has 0 aromatic rings. The number of imide groups is 1. The maximum atomic E-state index is 11.3. The van der Waals surface area contributed by atoms with Gasteiger partial charge in [-0.3, -0.25) is 14.3 Å². The van der Waals surface area contributed by atoms with Crippen molar-refractivity contribution in [1.82, 2.24) is 10.2 Å². The summed E-state index contributed by atoms with van der Waals surface area (Å²) >= 11 is 0. The van der Waals surface area contributed by atoms with Crippen LogP contribution < -0.4 is 5.32 Å². The van der Waals surface area contributed by atoms with Gasteiger partial charge in [0.15, 0.2) is 0 Å². The molecule has 0 fully saturated rings. The van der Waals surface area contributed by atoms with Crippen molar-refractivity contribution in [3.05, 3.63) is 0 Å². The topological polar surface area (TPSA) is 107 Å². The SMILES string of the molecule is CCNC(=O)N(CC)C(=O)CP(=O)(O)O. The molecule has 0 heterocycles. The van der Waals surface area contributed by atoms with Gasteiger partial charge in [-0.15, -0.1) is 0 Å². The Hall–Kier alpha value is -0.910. The molecule has 0 aliphatic carbocycles. The largest absolute Gasteiger partial charge is 0.338 e. The van der Waals surface area contributed by atoms with Gasteiger partial charge in [0, 0.05) is 13.1 Å². The lowest BCUT2D eigenvalue weighted by molar-refractivity contribution is -0.125. The highest BCUT2D eigenvalue weighted by atomic mass is 31.2.